The molecule has 0 aromatic heterocycles. The van der Waals surface area contributed by atoms with Gasteiger partial charge in [0, 0.05) is 25.3 Å². The summed E-state index contributed by atoms with van der Waals surface area (Å²) in [7, 11) is -3.54. The van der Waals surface area contributed by atoms with Crippen LogP contribution >= 0.6 is 0 Å². The second-order valence-corrected chi connectivity index (χ2v) is 8.09. The number of hydrogen-bond acceptors (Lipinski definition) is 4. The third-order valence-corrected chi connectivity index (χ3v) is 5.70. The molecule has 0 saturated heterocycles. The van der Waals surface area contributed by atoms with E-state index >= 15 is 0 Å². The van der Waals surface area contributed by atoms with Gasteiger partial charge >= 0.3 is 0 Å². The van der Waals surface area contributed by atoms with Crippen molar-refractivity contribution >= 4 is 15.8 Å². The van der Waals surface area contributed by atoms with E-state index in [0.717, 1.165) is 13.0 Å². The van der Waals surface area contributed by atoms with Crippen LogP contribution in [-0.2, 0) is 14.8 Å². The van der Waals surface area contributed by atoms with Crippen molar-refractivity contribution in [2.45, 2.75) is 57.8 Å². The van der Waals surface area contributed by atoms with Crippen molar-refractivity contribution in [3.8, 4) is 0 Å². The van der Waals surface area contributed by atoms with Crippen LogP contribution in [0.3, 0.4) is 0 Å². The predicted octanol–water partition coefficient (Wildman–Crippen LogP) is 3.79. The van der Waals surface area contributed by atoms with E-state index in [0.29, 0.717) is 31.1 Å². The van der Waals surface area contributed by atoms with Crippen molar-refractivity contribution in [3.05, 3.63) is 29.8 Å². The topological polar surface area (TPSA) is 72.5 Å². The fourth-order valence-electron chi connectivity index (χ4n) is 2.48. The summed E-state index contributed by atoms with van der Waals surface area (Å²) in [5.74, 6) is 0.509. The quantitative estimate of drug-likeness (QED) is 0.424. The molecule has 0 aliphatic rings. The highest BCUT2D eigenvalue weighted by Gasteiger charge is 2.13. The number of rotatable bonds is 13. The number of carbonyl (C=O) groups is 1. The summed E-state index contributed by atoms with van der Waals surface area (Å²) >= 11 is 0. The van der Waals surface area contributed by atoms with Crippen LogP contribution in [0.15, 0.2) is 29.2 Å². The summed E-state index contributed by atoms with van der Waals surface area (Å²) in [5.41, 5.74) is 0.501. The minimum absolute atomic E-state index is 0.0848. The molecule has 0 fully saturated rings. The number of unbranched alkanes of at least 4 members (excludes halogenated alkanes) is 1. The van der Waals surface area contributed by atoms with Gasteiger partial charge in [-0.15, -0.1) is 0 Å². The zero-order valence-corrected chi connectivity index (χ0v) is 16.4. The Morgan fingerprint density at radius 1 is 1.16 bits per heavy atom. The van der Waals surface area contributed by atoms with Gasteiger partial charge < -0.3 is 4.74 Å². The molecule has 0 aliphatic carbocycles. The van der Waals surface area contributed by atoms with Gasteiger partial charge in [-0.3, -0.25) is 4.79 Å². The lowest BCUT2D eigenvalue weighted by molar-refractivity contribution is 0.0928. The zero-order valence-electron chi connectivity index (χ0n) is 15.6. The fraction of sp³-hybridized carbons (Fsp3) is 0.632. The predicted molar refractivity (Wildman–Crippen MR) is 100 cm³/mol. The van der Waals surface area contributed by atoms with Crippen LogP contribution in [-0.4, -0.2) is 34.0 Å². The average molecular weight is 370 g/mol. The Kier molecular flexibility index (Phi) is 9.93. The van der Waals surface area contributed by atoms with Crippen LogP contribution < -0.4 is 4.72 Å². The first-order chi connectivity index (χ1) is 11.9. The van der Waals surface area contributed by atoms with Crippen molar-refractivity contribution in [1.29, 1.82) is 0 Å². The molecule has 142 valence electrons. The van der Waals surface area contributed by atoms with Crippen LogP contribution in [0.2, 0.25) is 0 Å². The third kappa shape index (κ3) is 8.12. The van der Waals surface area contributed by atoms with Crippen molar-refractivity contribution in [2.24, 2.45) is 5.92 Å². The second kappa shape index (κ2) is 11.4. The largest absolute Gasteiger partial charge is 0.381 e. The molecule has 1 N–H and O–H groups in total. The Hall–Kier alpha value is -1.24. The number of hydrogen-bond donors (Lipinski definition) is 1. The molecule has 0 spiro atoms. The van der Waals surface area contributed by atoms with E-state index in [4.69, 9.17) is 4.74 Å². The molecule has 0 saturated carbocycles. The van der Waals surface area contributed by atoms with E-state index in [1.165, 1.54) is 50.5 Å². The number of nitrogens with one attached hydrogen (secondary N) is 1. The molecular formula is C19H31NO4S. The number of ketones is 1. The molecule has 1 atom stereocenters. The molecule has 0 heterocycles. The lowest BCUT2D eigenvalue weighted by Gasteiger charge is -2.14. The molecule has 0 radical (unpaired) electrons. The molecule has 1 aromatic carbocycles. The Morgan fingerprint density at radius 2 is 1.84 bits per heavy atom. The standard InChI is InChI=1S/C19H31NO4S/c1-4-6-8-17(5-2)15-24-14-7-13-20-25(22,23)19-11-9-18(10-12-19)16(3)21/h9-12,17,20H,4-8,13-15H2,1-3H3. The molecule has 1 unspecified atom stereocenters. The van der Waals surface area contributed by atoms with Gasteiger partial charge in [0.1, 0.15) is 0 Å². The Morgan fingerprint density at radius 3 is 2.40 bits per heavy atom. The number of sulfonamides is 1. The lowest BCUT2D eigenvalue weighted by atomic mass is 10.0. The molecule has 0 bridgehead atoms. The van der Waals surface area contributed by atoms with E-state index in [-0.39, 0.29) is 10.7 Å². The zero-order chi connectivity index (χ0) is 18.7. The molecule has 0 amide bonds. The SMILES string of the molecule is CCCCC(CC)COCCCNS(=O)(=O)c1ccc(C(C)=O)cc1. The van der Waals surface area contributed by atoms with Gasteiger partial charge in [-0.2, -0.15) is 0 Å². The Bertz CT molecular complexity index is 611. The summed E-state index contributed by atoms with van der Waals surface area (Å²) in [6.45, 7) is 7.45. The first kappa shape index (κ1) is 21.8. The maximum Gasteiger partial charge on any atom is 0.240 e. The van der Waals surface area contributed by atoms with E-state index in [1.54, 1.807) is 0 Å². The first-order valence-corrected chi connectivity index (χ1v) is 10.6. The normalized spacial score (nSPS) is 12.9. The van der Waals surface area contributed by atoms with Crippen LogP contribution in [0.25, 0.3) is 0 Å². The Labute approximate surface area is 152 Å². The van der Waals surface area contributed by atoms with Crippen molar-refractivity contribution < 1.29 is 17.9 Å². The lowest BCUT2D eigenvalue weighted by Crippen LogP contribution is -2.25. The van der Waals surface area contributed by atoms with Crippen molar-refractivity contribution in [3.63, 3.8) is 0 Å². The summed E-state index contributed by atoms with van der Waals surface area (Å²) in [4.78, 5) is 11.4. The minimum atomic E-state index is -3.54. The van der Waals surface area contributed by atoms with Gasteiger partial charge in [0.25, 0.3) is 0 Å². The van der Waals surface area contributed by atoms with Crippen molar-refractivity contribution in [1.82, 2.24) is 4.72 Å². The van der Waals surface area contributed by atoms with Gasteiger partial charge in [-0.05, 0) is 37.8 Å². The first-order valence-electron chi connectivity index (χ1n) is 9.09. The smallest absolute Gasteiger partial charge is 0.240 e. The third-order valence-electron chi connectivity index (χ3n) is 4.23. The summed E-state index contributed by atoms with van der Waals surface area (Å²) in [6, 6.07) is 5.96. The second-order valence-electron chi connectivity index (χ2n) is 6.32. The highest BCUT2D eigenvalue weighted by atomic mass is 32.2. The van der Waals surface area contributed by atoms with Gasteiger partial charge in [-0.1, -0.05) is 45.2 Å². The van der Waals surface area contributed by atoms with E-state index in [2.05, 4.69) is 18.6 Å². The number of benzene rings is 1. The number of ether oxygens (including phenoxy) is 1. The summed E-state index contributed by atoms with van der Waals surface area (Å²) in [6.07, 6.45) is 5.36. The molecule has 6 heteroatoms. The van der Waals surface area contributed by atoms with E-state index < -0.39 is 10.0 Å². The average Bonchev–Trinajstić information content (AvgIpc) is 2.60. The van der Waals surface area contributed by atoms with Crippen LogP contribution in [0.1, 0.15) is 63.2 Å². The minimum Gasteiger partial charge on any atom is -0.381 e. The maximum absolute atomic E-state index is 12.2. The van der Waals surface area contributed by atoms with Crippen molar-refractivity contribution in [2.75, 3.05) is 19.8 Å². The van der Waals surface area contributed by atoms with Gasteiger partial charge in [0.15, 0.2) is 5.78 Å². The van der Waals surface area contributed by atoms with Crippen LogP contribution in [0.5, 0.6) is 0 Å². The molecule has 25 heavy (non-hydrogen) atoms. The Balaban J connectivity index is 2.31. The molecule has 5 nitrogen and oxygen atoms in total. The maximum atomic E-state index is 12.2. The fourth-order valence-corrected chi connectivity index (χ4v) is 3.56. The van der Waals surface area contributed by atoms with E-state index in [9.17, 15) is 13.2 Å². The molecule has 0 aliphatic heterocycles. The molecule has 1 rings (SSSR count). The molecular weight excluding hydrogens is 338 g/mol. The van der Waals surface area contributed by atoms with Crippen LogP contribution in [0.4, 0.5) is 0 Å². The van der Waals surface area contributed by atoms with Gasteiger partial charge in [0.05, 0.1) is 4.90 Å². The van der Waals surface area contributed by atoms with Gasteiger partial charge in [0.2, 0.25) is 10.0 Å². The van der Waals surface area contributed by atoms with Crippen LogP contribution in [0, 0.1) is 5.92 Å². The highest BCUT2D eigenvalue weighted by molar-refractivity contribution is 7.89. The number of carbonyl (C=O) groups excluding carboxylic acids is 1. The monoisotopic (exact) mass is 369 g/mol. The van der Waals surface area contributed by atoms with Gasteiger partial charge in [-0.25, -0.2) is 13.1 Å². The highest BCUT2D eigenvalue weighted by Crippen LogP contribution is 2.13. The number of Topliss-reactive ketones (excluding diaryl/α,β-unsaturated/α-hetero) is 1. The molecule has 1 aromatic rings. The summed E-state index contributed by atoms with van der Waals surface area (Å²) in [5, 5.41) is 0. The van der Waals surface area contributed by atoms with E-state index in [1.807, 2.05) is 0 Å². The summed E-state index contributed by atoms with van der Waals surface area (Å²) < 4.78 is 32.6.